The number of nitrogens with one attached hydrogen (secondary N) is 1. The van der Waals surface area contributed by atoms with Gasteiger partial charge in [0.2, 0.25) is 0 Å². The fraction of sp³-hybridized carbons (Fsp3) is 0.429. The highest BCUT2D eigenvalue weighted by molar-refractivity contribution is 7.91. The molecule has 0 aliphatic heterocycles. The van der Waals surface area contributed by atoms with Gasteiger partial charge in [-0.2, -0.15) is 0 Å². The number of fused-ring (bicyclic) bond motifs is 1. The predicted octanol–water partition coefficient (Wildman–Crippen LogP) is 5.90. The summed E-state index contributed by atoms with van der Waals surface area (Å²) < 4.78 is 41.1. The molecule has 1 unspecified atom stereocenters. The van der Waals surface area contributed by atoms with E-state index < -0.39 is 26.5 Å². The number of carbonyl (C=O) groups is 1. The fourth-order valence-electron chi connectivity index (χ4n) is 4.79. The molecule has 2 aromatic heterocycles. The van der Waals surface area contributed by atoms with Crippen molar-refractivity contribution in [3.05, 3.63) is 76.1 Å². The van der Waals surface area contributed by atoms with Gasteiger partial charge < -0.3 is 14.8 Å². The molecular weight excluding hydrogens is 522 g/mol. The predicted molar refractivity (Wildman–Crippen MR) is 148 cm³/mol. The number of para-hydroxylation sites is 1. The molecule has 8 nitrogen and oxygen atoms in total. The van der Waals surface area contributed by atoms with Crippen LogP contribution >= 0.6 is 11.3 Å². The summed E-state index contributed by atoms with van der Waals surface area (Å²) in [5.41, 5.74) is 3.78. The first-order valence-electron chi connectivity index (χ1n) is 12.7. The second kappa shape index (κ2) is 9.89. The number of ether oxygens (including phenoxy) is 2. The topological polar surface area (TPSA) is 99.5 Å². The van der Waals surface area contributed by atoms with Gasteiger partial charge in [-0.05, 0) is 70.6 Å². The Hall–Kier alpha value is -3.11. The molecule has 0 radical (unpaired) electrons. The van der Waals surface area contributed by atoms with Gasteiger partial charge in [-0.25, -0.2) is 22.2 Å². The first-order chi connectivity index (χ1) is 18.0. The van der Waals surface area contributed by atoms with Crippen LogP contribution in [0.25, 0.3) is 10.9 Å². The molecule has 2 aliphatic carbocycles. The van der Waals surface area contributed by atoms with Crippen molar-refractivity contribution in [1.82, 2.24) is 14.3 Å². The number of aromatic nitrogens is 2. The summed E-state index contributed by atoms with van der Waals surface area (Å²) in [5.74, 6) is 0.778. The van der Waals surface area contributed by atoms with E-state index in [2.05, 4.69) is 10.3 Å². The minimum atomic E-state index is -4.06. The minimum Gasteiger partial charge on any atom is -0.490 e. The van der Waals surface area contributed by atoms with Gasteiger partial charge in [0.15, 0.2) is 0 Å². The van der Waals surface area contributed by atoms with Crippen LogP contribution in [0.4, 0.5) is 4.79 Å². The lowest BCUT2D eigenvalue weighted by atomic mass is 9.92. The van der Waals surface area contributed by atoms with Gasteiger partial charge in [0.05, 0.1) is 29.0 Å². The zero-order valence-electron chi connectivity index (χ0n) is 22.1. The Bertz CT molecular complexity index is 1510. The Morgan fingerprint density at radius 1 is 1.26 bits per heavy atom. The standard InChI is InChI=1S/C28H33N3O5S2/c1-27(2,3)36-26(32)29-15-22-14-20-8-5-6-10-24(20)31(22)38(33,34)28(4)13-7-9-23(19-11-12-19)25(28)35-16-21-17-37-18-30-21/h5-10,14,17-19H,11-13,15-16H2,1-4H3,(H,29,32). The lowest BCUT2D eigenvalue weighted by Crippen LogP contribution is -2.44. The summed E-state index contributed by atoms with van der Waals surface area (Å²) in [4.78, 5) is 16.7. The van der Waals surface area contributed by atoms with Crippen molar-refractivity contribution in [3.63, 3.8) is 0 Å². The molecule has 3 aromatic rings. The van der Waals surface area contributed by atoms with E-state index in [4.69, 9.17) is 9.47 Å². The Morgan fingerprint density at radius 2 is 2.03 bits per heavy atom. The largest absolute Gasteiger partial charge is 0.490 e. The number of benzene rings is 1. The van der Waals surface area contributed by atoms with Crippen LogP contribution < -0.4 is 5.32 Å². The summed E-state index contributed by atoms with van der Waals surface area (Å²) in [6.45, 7) is 7.27. The number of alkyl carbamates (subject to hydrolysis) is 1. The number of thiazole rings is 1. The highest BCUT2D eigenvalue weighted by Crippen LogP contribution is 2.47. The van der Waals surface area contributed by atoms with Crippen molar-refractivity contribution in [1.29, 1.82) is 0 Å². The molecule has 202 valence electrons. The average molecular weight is 556 g/mol. The summed E-state index contributed by atoms with van der Waals surface area (Å²) in [6.07, 6.45) is 5.63. The Labute approximate surface area is 227 Å². The van der Waals surface area contributed by atoms with Gasteiger partial charge in [-0.3, -0.25) is 0 Å². The quantitative estimate of drug-likeness (QED) is 0.372. The van der Waals surface area contributed by atoms with Gasteiger partial charge in [-0.1, -0.05) is 30.4 Å². The fourth-order valence-corrected chi connectivity index (χ4v) is 7.30. The number of hydrogen-bond acceptors (Lipinski definition) is 7. The lowest BCUT2D eigenvalue weighted by molar-refractivity contribution is 0.0522. The lowest BCUT2D eigenvalue weighted by Gasteiger charge is -2.35. The van der Waals surface area contributed by atoms with E-state index in [-0.39, 0.29) is 19.6 Å². The first kappa shape index (κ1) is 26.5. The second-order valence-corrected chi connectivity index (χ2v) is 13.9. The SMILES string of the molecule is CC(C)(C)OC(=O)NCc1cc2ccccc2n1S(=O)(=O)C1(C)CC=CC(C2CC2)=C1OCc1cscn1. The molecule has 1 amide bonds. The van der Waals surface area contributed by atoms with E-state index in [1.165, 1.54) is 15.3 Å². The van der Waals surface area contributed by atoms with Crippen molar-refractivity contribution in [2.75, 3.05) is 0 Å². The van der Waals surface area contributed by atoms with Crippen molar-refractivity contribution in [2.45, 2.75) is 70.5 Å². The highest BCUT2D eigenvalue weighted by Gasteiger charge is 2.50. The van der Waals surface area contributed by atoms with Crippen LogP contribution in [0.15, 0.2) is 64.7 Å². The number of allylic oxidation sites excluding steroid dienone is 3. The zero-order chi connectivity index (χ0) is 27.1. The van der Waals surface area contributed by atoms with Crippen molar-refractivity contribution >= 4 is 38.4 Å². The van der Waals surface area contributed by atoms with Crippen LogP contribution in [0.5, 0.6) is 0 Å². The molecule has 10 heteroatoms. The van der Waals surface area contributed by atoms with E-state index in [0.717, 1.165) is 29.5 Å². The molecule has 1 atom stereocenters. The van der Waals surface area contributed by atoms with Gasteiger partial charge in [0.25, 0.3) is 10.0 Å². The number of rotatable bonds is 8. The Kier molecular flexibility index (Phi) is 6.89. The molecule has 0 saturated heterocycles. The van der Waals surface area contributed by atoms with E-state index in [9.17, 15) is 13.2 Å². The van der Waals surface area contributed by atoms with Crippen LogP contribution in [0, 0.1) is 5.92 Å². The van der Waals surface area contributed by atoms with Gasteiger partial charge >= 0.3 is 6.09 Å². The average Bonchev–Trinajstić information content (AvgIpc) is 3.41. The third kappa shape index (κ3) is 5.11. The van der Waals surface area contributed by atoms with Crippen LogP contribution in [-0.4, -0.2) is 33.8 Å². The molecule has 1 N–H and O–H groups in total. The molecular formula is C28H33N3O5S2. The maximum absolute atomic E-state index is 14.7. The van der Waals surface area contributed by atoms with Crippen LogP contribution in [0.2, 0.25) is 0 Å². The Balaban J connectivity index is 1.56. The zero-order valence-corrected chi connectivity index (χ0v) is 23.7. The molecule has 2 heterocycles. The molecule has 0 spiro atoms. The van der Waals surface area contributed by atoms with E-state index in [1.54, 1.807) is 45.3 Å². The van der Waals surface area contributed by atoms with Crippen molar-refractivity contribution in [3.8, 4) is 0 Å². The van der Waals surface area contributed by atoms with Gasteiger partial charge in [0, 0.05) is 10.8 Å². The maximum atomic E-state index is 14.7. The monoisotopic (exact) mass is 555 g/mol. The van der Waals surface area contributed by atoms with Crippen molar-refractivity contribution < 1.29 is 22.7 Å². The molecule has 0 bridgehead atoms. The summed E-state index contributed by atoms with van der Waals surface area (Å²) in [5, 5.41) is 5.40. The summed E-state index contributed by atoms with van der Waals surface area (Å²) >= 11 is 1.48. The van der Waals surface area contributed by atoms with Gasteiger partial charge in [-0.15, -0.1) is 11.3 Å². The molecule has 2 aliphatic rings. The number of nitrogens with zero attached hydrogens (tertiary/aromatic N) is 2. The Morgan fingerprint density at radius 3 is 2.71 bits per heavy atom. The number of hydrogen-bond donors (Lipinski definition) is 1. The normalized spacial score (nSPS) is 20.1. The smallest absolute Gasteiger partial charge is 0.407 e. The molecule has 5 rings (SSSR count). The molecule has 38 heavy (non-hydrogen) atoms. The van der Waals surface area contributed by atoms with E-state index >= 15 is 0 Å². The highest BCUT2D eigenvalue weighted by atomic mass is 32.2. The first-order valence-corrected chi connectivity index (χ1v) is 15.1. The van der Waals surface area contributed by atoms with Gasteiger partial charge in [0.1, 0.15) is 22.7 Å². The van der Waals surface area contributed by atoms with Crippen LogP contribution in [0.1, 0.15) is 58.3 Å². The third-order valence-corrected chi connectivity index (χ3v) is 9.81. The third-order valence-electron chi connectivity index (χ3n) is 6.77. The summed E-state index contributed by atoms with van der Waals surface area (Å²) in [7, 11) is -4.06. The van der Waals surface area contributed by atoms with E-state index in [0.29, 0.717) is 22.9 Å². The number of amides is 1. The van der Waals surface area contributed by atoms with Crippen LogP contribution in [-0.2, 0) is 32.6 Å². The summed E-state index contributed by atoms with van der Waals surface area (Å²) in [6, 6.07) is 9.13. The molecule has 1 saturated carbocycles. The second-order valence-electron chi connectivity index (χ2n) is 11.0. The molecule has 1 aromatic carbocycles. The van der Waals surface area contributed by atoms with Crippen LogP contribution in [0.3, 0.4) is 0 Å². The van der Waals surface area contributed by atoms with E-state index in [1.807, 2.05) is 35.7 Å². The van der Waals surface area contributed by atoms with Crippen molar-refractivity contribution in [2.24, 2.45) is 5.92 Å². The maximum Gasteiger partial charge on any atom is 0.407 e. The number of carbonyl (C=O) groups excluding carboxylic acids is 1. The molecule has 1 fully saturated rings. The minimum absolute atomic E-state index is 0.0110.